The van der Waals surface area contributed by atoms with Gasteiger partial charge in [0.25, 0.3) is 0 Å². The molecule has 0 amide bonds. The summed E-state index contributed by atoms with van der Waals surface area (Å²) in [5.74, 6) is 0.877. The van der Waals surface area contributed by atoms with Gasteiger partial charge in [0.05, 0.1) is 24.0 Å². The summed E-state index contributed by atoms with van der Waals surface area (Å²) >= 11 is 0. The molecule has 1 aromatic heterocycles. The molecule has 3 heteroatoms. The van der Waals surface area contributed by atoms with Crippen LogP contribution >= 0.6 is 0 Å². The minimum absolute atomic E-state index is 0.684. The number of ether oxygens (including phenoxy) is 1. The summed E-state index contributed by atoms with van der Waals surface area (Å²) in [4.78, 5) is 7.25. The van der Waals surface area contributed by atoms with Crippen molar-refractivity contribution in [2.75, 3.05) is 6.61 Å². The molecule has 0 fully saturated rings. The molecule has 0 radical (unpaired) electrons. The van der Waals surface area contributed by atoms with E-state index in [4.69, 9.17) is 4.74 Å². The number of aromatic amines is 1. The Kier molecular flexibility index (Phi) is 2.96. The Bertz CT molecular complexity index is 631. The van der Waals surface area contributed by atoms with Crippen molar-refractivity contribution in [2.24, 2.45) is 0 Å². The summed E-state index contributed by atoms with van der Waals surface area (Å²) in [5, 5.41) is 0. The maximum Gasteiger partial charge on any atom is 0.121 e. The average Bonchev–Trinajstić information content (AvgIpc) is 2.87. The molecular weight excluding hydrogens is 224 g/mol. The lowest BCUT2D eigenvalue weighted by Crippen LogP contribution is -2.00. The number of hydrogen-bond donors (Lipinski definition) is 1. The van der Waals surface area contributed by atoms with Gasteiger partial charge in [0.15, 0.2) is 0 Å². The first-order chi connectivity index (χ1) is 8.92. The second-order valence-electron chi connectivity index (χ2n) is 4.17. The zero-order valence-corrected chi connectivity index (χ0v) is 9.97. The number of nitrogens with one attached hydrogen (secondary N) is 1. The molecule has 0 saturated heterocycles. The van der Waals surface area contributed by atoms with Crippen molar-refractivity contribution in [1.29, 1.82) is 0 Å². The molecule has 0 spiro atoms. The highest BCUT2D eigenvalue weighted by molar-refractivity contribution is 5.75. The topological polar surface area (TPSA) is 37.9 Å². The molecule has 0 aliphatic carbocycles. The van der Waals surface area contributed by atoms with Crippen LogP contribution in [-0.2, 0) is 6.42 Å². The normalized spacial score (nSPS) is 10.7. The number of fused-ring (bicyclic) bond motifs is 1. The lowest BCUT2D eigenvalue weighted by atomic mass is 10.2. The summed E-state index contributed by atoms with van der Waals surface area (Å²) < 4.78 is 5.74. The molecule has 0 atom stereocenters. The van der Waals surface area contributed by atoms with Crippen LogP contribution in [0.5, 0.6) is 5.75 Å². The van der Waals surface area contributed by atoms with Gasteiger partial charge in [-0.05, 0) is 17.7 Å². The van der Waals surface area contributed by atoms with Gasteiger partial charge in [0.2, 0.25) is 0 Å². The molecule has 3 nitrogen and oxygen atoms in total. The molecule has 1 N–H and O–H groups in total. The predicted molar refractivity (Wildman–Crippen MR) is 71.7 cm³/mol. The Balaban J connectivity index is 1.62. The van der Waals surface area contributed by atoms with Crippen LogP contribution in [0.25, 0.3) is 11.0 Å². The Morgan fingerprint density at radius 2 is 1.94 bits per heavy atom. The van der Waals surface area contributed by atoms with Crippen LogP contribution in [0.15, 0.2) is 54.9 Å². The van der Waals surface area contributed by atoms with Crippen molar-refractivity contribution in [3.05, 3.63) is 60.4 Å². The maximum absolute atomic E-state index is 5.74. The van der Waals surface area contributed by atoms with Crippen molar-refractivity contribution in [2.45, 2.75) is 6.42 Å². The van der Waals surface area contributed by atoms with Crippen LogP contribution in [0, 0.1) is 0 Å². The highest BCUT2D eigenvalue weighted by Crippen LogP contribution is 2.17. The molecule has 3 rings (SSSR count). The van der Waals surface area contributed by atoms with E-state index in [1.165, 1.54) is 5.56 Å². The van der Waals surface area contributed by atoms with Crippen LogP contribution in [0.1, 0.15) is 5.56 Å². The van der Waals surface area contributed by atoms with Crippen LogP contribution in [0.2, 0.25) is 0 Å². The van der Waals surface area contributed by atoms with Gasteiger partial charge >= 0.3 is 0 Å². The first-order valence-corrected chi connectivity index (χ1v) is 6.02. The molecule has 3 aromatic rings. The second-order valence-corrected chi connectivity index (χ2v) is 4.17. The van der Waals surface area contributed by atoms with Crippen LogP contribution < -0.4 is 4.74 Å². The monoisotopic (exact) mass is 238 g/mol. The van der Waals surface area contributed by atoms with Crippen LogP contribution in [0.3, 0.4) is 0 Å². The molecule has 0 unspecified atom stereocenters. The van der Waals surface area contributed by atoms with Gasteiger partial charge in [-0.25, -0.2) is 4.98 Å². The molecule has 1 heterocycles. The first-order valence-electron chi connectivity index (χ1n) is 6.02. The smallest absolute Gasteiger partial charge is 0.121 e. The first kappa shape index (κ1) is 10.8. The van der Waals surface area contributed by atoms with Gasteiger partial charge < -0.3 is 9.72 Å². The number of aromatic nitrogens is 2. The Hall–Kier alpha value is -2.29. The Morgan fingerprint density at radius 3 is 2.83 bits per heavy atom. The number of hydrogen-bond acceptors (Lipinski definition) is 2. The molecule has 18 heavy (non-hydrogen) atoms. The number of H-pyrrole nitrogens is 1. The fourth-order valence-corrected chi connectivity index (χ4v) is 1.94. The largest absolute Gasteiger partial charge is 0.493 e. The van der Waals surface area contributed by atoms with E-state index in [0.717, 1.165) is 23.2 Å². The van der Waals surface area contributed by atoms with Gasteiger partial charge in [-0.3, -0.25) is 0 Å². The number of imidazole rings is 1. The summed E-state index contributed by atoms with van der Waals surface area (Å²) in [6.07, 6.45) is 2.61. The lowest BCUT2D eigenvalue weighted by molar-refractivity contribution is 0.322. The minimum atomic E-state index is 0.684. The van der Waals surface area contributed by atoms with Gasteiger partial charge in [-0.1, -0.05) is 30.3 Å². The zero-order valence-electron chi connectivity index (χ0n) is 9.97. The van der Waals surface area contributed by atoms with Gasteiger partial charge in [-0.15, -0.1) is 0 Å². The van der Waals surface area contributed by atoms with Crippen LogP contribution in [-0.4, -0.2) is 16.6 Å². The number of nitrogens with zero attached hydrogens (tertiary/aromatic N) is 1. The van der Waals surface area contributed by atoms with E-state index < -0.39 is 0 Å². The van der Waals surface area contributed by atoms with Crippen molar-refractivity contribution >= 4 is 11.0 Å². The molecule has 0 saturated carbocycles. The van der Waals surface area contributed by atoms with Crippen molar-refractivity contribution in [1.82, 2.24) is 9.97 Å². The zero-order chi connectivity index (χ0) is 12.2. The van der Waals surface area contributed by atoms with E-state index in [-0.39, 0.29) is 0 Å². The summed E-state index contributed by atoms with van der Waals surface area (Å²) in [7, 11) is 0. The maximum atomic E-state index is 5.74. The quantitative estimate of drug-likeness (QED) is 0.758. The second kappa shape index (κ2) is 4.92. The van der Waals surface area contributed by atoms with Crippen molar-refractivity contribution in [3.63, 3.8) is 0 Å². The molecular formula is C15H14N2O. The predicted octanol–water partition coefficient (Wildman–Crippen LogP) is 3.18. The van der Waals surface area contributed by atoms with E-state index in [1.807, 2.05) is 36.4 Å². The minimum Gasteiger partial charge on any atom is -0.493 e. The highest BCUT2D eigenvalue weighted by Gasteiger charge is 1.99. The summed E-state index contributed by atoms with van der Waals surface area (Å²) in [5.41, 5.74) is 3.26. The van der Waals surface area contributed by atoms with E-state index in [1.54, 1.807) is 6.33 Å². The average molecular weight is 238 g/mol. The van der Waals surface area contributed by atoms with E-state index in [0.29, 0.717) is 6.61 Å². The van der Waals surface area contributed by atoms with Gasteiger partial charge in [0, 0.05) is 12.5 Å². The summed E-state index contributed by atoms with van der Waals surface area (Å²) in [6, 6.07) is 16.2. The van der Waals surface area contributed by atoms with Gasteiger partial charge in [0.1, 0.15) is 5.75 Å². The third-order valence-electron chi connectivity index (χ3n) is 2.89. The molecule has 0 bridgehead atoms. The summed E-state index contributed by atoms with van der Waals surface area (Å²) in [6.45, 7) is 0.684. The van der Waals surface area contributed by atoms with E-state index >= 15 is 0 Å². The van der Waals surface area contributed by atoms with Crippen LogP contribution in [0.4, 0.5) is 0 Å². The molecule has 0 aliphatic rings. The van der Waals surface area contributed by atoms with E-state index in [9.17, 15) is 0 Å². The fraction of sp³-hybridized carbons (Fsp3) is 0.133. The Labute approximate surface area is 105 Å². The van der Waals surface area contributed by atoms with Gasteiger partial charge in [-0.2, -0.15) is 0 Å². The molecule has 0 aliphatic heterocycles. The third kappa shape index (κ3) is 2.35. The fourth-order valence-electron chi connectivity index (χ4n) is 1.94. The lowest BCUT2D eigenvalue weighted by Gasteiger charge is -2.06. The number of rotatable bonds is 4. The number of benzene rings is 2. The van der Waals surface area contributed by atoms with E-state index in [2.05, 4.69) is 22.1 Å². The molecule has 2 aromatic carbocycles. The van der Waals surface area contributed by atoms with Crippen molar-refractivity contribution in [3.8, 4) is 5.75 Å². The SMILES string of the molecule is c1ccc(CCOc2ccc3nc[nH]c3c2)cc1. The Morgan fingerprint density at radius 1 is 1.06 bits per heavy atom. The third-order valence-corrected chi connectivity index (χ3v) is 2.89. The van der Waals surface area contributed by atoms with Crippen molar-refractivity contribution < 1.29 is 4.74 Å². The molecule has 90 valence electrons. The highest BCUT2D eigenvalue weighted by atomic mass is 16.5. The standard InChI is InChI=1S/C15H14N2O/c1-2-4-12(5-3-1)8-9-18-13-6-7-14-15(10-13)17-11-16-14/h1-7,10-11H,8-9H2,(H,16,17).